The Morgan fingerprint density at radius 2 is 1.84 bits per heavy atom. The van der Waals surface area contributed by atoms with Crippen LogP contribution in [0.5, 0.6) is 0 Å². The van der Waals surface area contributed by atoms with Gasteiger partial charge in [-0.05, 0) is 48.7 Å². The van der Waals surface area contributed by atoms with Crippen molar-refractivity contribution in [3.8, 4) is 0 Å². The maximum absolute atomic E-state index is 13.2. The Bertz CT molecular complexity index is 531. The lowest BCUT2D eigenvalue weighted by Crippen LogP contribution is -2.05. The van der Waals surface area contributed by atoms with Gasteiger partial charge in [0, 0.05) is 12.2 Å². The van der Waals surface area contributed by atoms with Crippen LogP contribution in [-0.4, -0.2) is 6.54 Å². The molecule has 0 radical (unpaired) electrons. The van der Waals surface area contributed by atoms with E-state index in [-0.39, 0.29) is 11.5 Å². The molecule has 0 aliphatic heterocycles. The molecule has 2 aromatic carbocycles. The van der Waals surface area contributed by atoms with Crippen LogP contribution in [0, 0.1) is 18.6 Å². The largest absolute Gasteiger partial charge is 0.396 e. The molecule has 0 aliphatic rings. The summed E-state index contributed by atoms with van der Waals surface area (Å²) in [4.78, 5) is 0. The Labute approximate surface area is 111 Å². The fourth-order valence-electron chi connectivity index (χ4n) is 1.85. The first-order valence-electron chi connectivity index (χ1n) is 6.10. The molecule has 0 atom stereocenters. The van der Waals surface area contributed by atoms with Gasteiger partial charge < -0.3 is 11.1 Å². The Morgan fingerprint density at radius 3 is 2.53 bits per heavy atom. The molecule has 0 spiro atoms. The number of hydrogen-bond acceptors (Lipinski definition) is 2. The van der Waals surface area contributed by atoms with E-state index in [0.717, 1.165) is 12.0 Å². The minimum absolute atomic E-state index is 0.139. The van der Waals surface area contributed by atoms with Crippen molar-refractivity contribution in [2.75, 3.05) is 17.6 Å². The van der Waals surface area contributed by atoms with Gasteiger partial charge in [-0.15, -0.1) is 0 Å². The van der Waals surface area contributed by atoms with Crippen molar-refractivity contribution in [3.63, 3.8) is 0 Å². The molecule has 0 unspecified atom stereocenters. The third kappa shape index (κ3) is 3.44. The number of aryl methyl sites for hydroxylation is 1. The number of anilines is 2. The second kappa shape index (κ2) is 5.69. The van der Waals surface area contributed by atoms with Crippen molar-refractivity contribution in [3.05, 3.63) is 59.2 Å². The van der Waals surface area contributed by atoms with E-state index in [0.29, 0.717) is 17.8 Å². The maximum atomic E-state index is 13.2. The van der Waals surface area contributed by atoms with E-state index in [4.69, 9.17) is 5.73 Å². The molecular formula is C15H16F2N2. The fourth-order valence-corrected chi connectivity index (χ4v) is 1.85. The lowest BCUT2D eigenvalue weighted by atomic mass is 10.1. The van der Waals surface area contributed by atoms with Crippen LogP contribution in [0.25, 0.3) is 0 Å². The summed E-state index contributed by atoms with van der Waals surface area (Å²) in [5.41, 5.74) is 7.90. The molecule has 0 bridgehead atoms. The minimum Gasteiger partial charge on any atom is -0.396 e. The summed E-state index contributed by atoms with van der Waals surface area (Å²) in [5.74, 6) is -0.625. The monoisotopic (exact) mass is 262 g/mol. The molecule has 2 nitrogen and oxygen atoms in total. The minimum atomic E-state index is -0.428. The first-order valence-corrected chi connectivity index (χ1v) is 6.10. The fraction of sp³-hybridized carbons (Fsp3) is 0.200. The smallest absolute Gasteiger partial charge is 0.148 e. The van der Waals surface area contributed by atoms with Crippen molar-refractivity contribution in [2.45, 2.75) is 13.3 Å². The zero-order chi connectivity index (χ0) is 13.8. The normalized spacial score (nSPS) is 10.5. The number of benzene rings is 2. The molecule has 0 saturated carbocycles. The number of nitrogens with one attached hydrogen (secondary N) is 1. The quantitative estimate of drug-likeness (QED) is 0.827. The molecule has 0 amide bonds. The Kier molecular flexibility index (Phi) is 4.00. The van der Waals surface area contributed by atoms with E-state index >= 15 is 0 Å². The third-order valence-electron chi connectivity index (χ3n) is 2.97. The predicted molar refractivity (Wildman–Crippen MR) is 74.1 cm³/mol. The lowest BCUT2D eigenvalue weighted by molar-refractivity contribution is 0.617. The van der Waals surface area contributed by atoms with Gasteiger partial charge in [0.2, 0.25) is 0 Å². The molecule has 0 heterocycles. The van der Waals surface area contributed by atoms with E-state index in [1.54, 1.807) is 19.1 Å². The van der Waals surface area contributed by atoms with Gasteiger partial charge in [-0.3, -0.25) is 0 Å². The summed E-state index contributed by atoms with van der Waals surface area (Å²) in [6, 6.07) is 9.67. The summed E-state index contributed by atoms with van der Waals surface area (Å²) < 4.78 is 26.3. The highest BCUT2D eigenvalue weighted by molar-refractivity contribution is 5.52. The van der Waals surface area contributed by atoms with Crippen molar-refractivity contribution in [1.29, 1.82) is 0 Å². The van der Waals surface area contributed by atoms with Gasteiger partial charge in [-0.25, -0.2) is 8.78 Å². The number of nitrogens with two attached hydrogens (primary N) is 1. The molecule has 100 valence electrons. The highest BCUT2D eigenvalue weighted by Gasteiger charge is 2.01. The van der Waals surface area contributed by atoms with Gasteiger partial charge in [-0.2, -0.15) is 0 Å². The Morgan fingerprint density at radius 1 is 1.05 bits per heavy atom. The lowest BCUT2D eigenvalue weighted by Gasteiger charge is -2.08. The maximum Gasteiger partial charge on any atom is 0.148 e. The van der Waals surface area contributed by atoms with Crippen molar-refractivity contribution < 1.29 is 8.78 Å². The Hall–Kier alpha value is -2.10. The molecule has 19 heavy (non-hydrogen) atoms. The van der Waals surface area contributed by atoms with Crippen molar-refractivity contribution in [2.24, 2.45) is 0 Å². The van der Waals surface area contributed by atoms with Crippen LogP contribution in [0.2, 0.25) is 0 Å². The average molecular weight is 262 g/mol. The molecule has 2 rings (SSSR count). The van der Waals surface area contributed by atoms with Crippen LogP contribution in [0.1, 0.15) is 11.1 Å². The predicted octanol–water partition coefficient (Wildman–Crippen LogP) is 3.51. The molecule has 4 heteroatoms. The number of rotatable bonds is 4. The van der Waals surface area contributed by atoms with E-state index in [1.807, 2.05) is 6.07 Å². The molecule has 2 aromatic rings. The van der Waals surface area contributed by atoms with Gasteiger partial charge in [0.1, 0.15) is 11.6 Å². The van der Waals surface area contributed by atoms with Gasteiger partial charge in [0.05, 0.1) is 5.69 Å². The second-order valence-electron chi connectivity index (χ2n) is 4.50. The SMILES string of the molecule is Cc1cc(CCNc2ccc(N)c(F)c2)ccc1F. The highest BCUT2D eigenvalue weighted by atomic mass is 19.1. The molecular weight excluding hydrogens is 246 g/mol. The van der Waals surface area contributed by atoms with Gasteiger partial charge in [-0.1, -0.05) is 12.1 Å². The van der Waals surface area contributed by atoms with Gasteiger partial charge >= 0.3 is 0 Å². The van der Waals surface area contributed by atoms with Crippen molar-refractivity contribution >= 4 is 11.4 Å². The first kappa shape index (κ1) is 13.3. The van der Waals surface area contributed by atoms with Crippen LogP contribution in [0.15, 0.2) is 36.4 Å². The van der Waals surface area contributed by atoms with Crippen LogP contribution in [-0.2, 0) is 6.42 Å². The number of nitrogen functional groups attached to an aromatic ring is 1. The molecule has 0 aromatic heterocycles. The van der Waals surface area contributed by atoms with Crippen LogP contribution in [0.4, 0.5) is 20.2 Å². The summed E-state index contributed by atoms with van der Waals surface area (Å²) in [6.07, 6.45) is 0.743. The summed E-state index contributed by atoms with van der Waals surface area (Å²) in [7, 11) is 0. The first-order chi connectivity index (χ1) is 9.06. The summed E-state index contributed by atoms with van der Waals surface area (Å²) in [5, 5.41) is 3.11. The standard InChI is InChI=1S/C15H16F2N2/c1-10-8-11(2-4-13(10)16)6-7-19-12-3-5-15(18)14(17)9-12/h2-5,8-9,19H,6-7,18H2,1H3. The van der Waals surface area contributed by atoms with Gasteiger partial charge in [0.25, 0.3) is 0 Å². The van der Waals surface area contributed by atoms with Crippen molar-refractivity contribution in [1.82, 2.24) is 0 Å². The van der Waals surface area contributed by atoms with Gasteiger partial charge in [0.15, 0.2) is 0 Å². The molecule has 0 saturated heterocycles. The van der Waals surface area contributed by atoms with E-state index in [9.17, 15) is 8.78 Å². The summed E-state index contributed by atoms with van der Waals surface area (Å²) in [6.45, 7) is 2.38. The van der Waals surface area contributed by atoms with E-state index < -0.39 is 5.82 Å². The second-order valence-corrected chi connectivity index (χ2v) is 4.50. The highest BCUT2D eigenvalue weighted by Crippen LogP contribution is 2.16. The van der Waals surface area contributed by atoms with E-state index in [2.05, 4.69) is 5.32 Å². The topological polar surface area (TPSA) is 38.0 Å². The number of halogens is 2. The summed E-state index contributed by atoms with van der Waals surface area (Å²) >= 11 is 0. The molecule has 0 fully saturated rings. The van der Waals surface area contributed by atoms with Crippen LogP contribution in [0.3, 0.4) is 0 Å². The Balaban J connectivity index is 1.92. The molecule has 3 N–H and O–H groups in total. The average Bonchev–Trinajstić information content (AvgIpc) is 2.38. The van der Waals surface area contributed by atoms with Crippen LogP contribution < -0.4 is 11.1 Å². The zero-order valence-corrected chi connectivity index (χ0v) is 10.7. The molecule has 0 aliphatic carbocycles. The third-order valence-corrected chi connectivity index (χ3v) is 2.97. The number of hydrogen-bond donors (Lipinski definition) is 2. The van der Waals surface area contributed by atoms with Crippen LogP contribution >= 0.6 is 0 Å². The van der Waals surface area contributed by atoms with E-state index in [1.165, 1.54) is 18.2 Å². The zero-order valence-electron chi connectivity index (χ0n) is 10.7.